The molecule has 0 saturated carbocycles. The van der Waals surface area contributed by atoms with Crippen LogP contribution in [0.3, 0.4) is 0 Å². The number of pyridine rings is 1. The van der Waals surface area contributed by atoms with Crippen molar-refractivity contribution in [2.75, 3.05) is 16.9 Å². The normalized spacial score (nSPS) is 19.6. The van der Waals surface area contributed by atoms with Gasteiger partial charge in [0.05, 0.1) is 41.2 Å². The maximum absolute atomic E-state index is 13.8. The predicted octanol–water partition coefficient (Wildman–Crippen LogP) is 5.66. The number of hydrazine groups is 1. The first kappa shape index (κ1) is 31.4. The molecule has 1 aromatic carbocycles. The zero-order valence-corrected chi connectivity index (χ0v) is 25.4. The van der Waals surface area contributed by atoms with Crippen molar-refractivity contribution in [3.8, 4) is 11.3 Å². The van der Waals surface area contributed by atoms with Gasteiger partial charge < -0.3 is 16.0 Å². The highest BCUT2D eigenvalue weighted by Gasteiger charge is 2.31. The molecular weight excluding hydrogens is 613 g/mol. The van der Waals surface area contributed by atoms with Crippen LogP contribution < -0.4 is 21.9 Å². The van der Waals surface area contributed by atoms with Crippen molar-refractivity contribution in [3.05, 3.63) is 76.4 Å². The lowest BCUT2D eigenvalue weighted by atomic mass is 9.93. The van der Waals surface area contributed by atoms with E-state index in [1.807, 2.05) is 6.92 Å². The molecular formula is C30H32Cl2F2N8O2. The molecule has 5 N–H and O–H groups in total. The number of anilines is 2. The first-order chi connectivity index (χ1) is 21.0. The van der Waals surface area contributed by atoms with E-state index in [9.17, 15) is 18.4 Å². The first-order valence-electron chi connectivity index (χ1n) is 14.1. The number of fused-ring (bicyclic) bond motifs is 4. The van der Waals surface area contributed by atoms with Crippen LogP contribution in [0.1, 0.15) is 49.9 Å². The summed E-state index contributed by atoms with van der Waals surface area (Å²) in [6.07, 6.45) is 5.48. The molecule has 0 radical (unpaired) electrons. The number of carbonyl (C=O) groups is 2. The fraction of sp³-hybridized carbons (Fsp3) is 0.333. The van der Waals surface area contributed by atoms with Crippen LogP contribution in [-0.4, -0.2) is 44.4 Å². The van der Waals surface area contributed by atoms with Gasteiger partial charge >= 0.3 is 0 Å². The van der Waals surface area contributed by atoms with Crippen molar-refractivity contribution in [1.82, 2.24) is 19.7 Å². The number of aromatic nitrogens is 3. The van der Waals surface area contributed by atoms with Gasteiger partial charge in [0.15, 0.2) is 0 Å². The van der Waals surface area contributed by atoms with Gasteiger partial charge in [-0.15, -0.1) is 0 Å². The summed E-state index contributed by atoms with van der Waals surface area (Å²) < 4.78 is 28.0. The van der Waals surface area contributed by atoms with Gasteiger partial charge in [-0.1, -0.05) is 36.5 Å². The number of nitrogens with zero attached hydrogens (tertiary/aromatic N) is 5. The van der Waals surface area contributed by atoms with E-state index in [1.165, 1.54) is 22.1 Å². The van der Waals surface area contributed by atoms with Crippen molar-refractivity contribution in [2.45, 2.75) is 51.6 Å². The Bertz CT molecular complexity index is 1620. The molecule has 0 spiro atoms. The second kappa shape index (κ2) is 13.3. The number of rotatable bonds is 6. The predicted molar refractivity (Wildman–Crippen MR) is 166 cm³/mol. The van der Waals surface area contributed by atoms with Crippen molar-refractivity contribution in [2.24, 2.45) is 17.5 Å². The summed E-state index contributed by atoms with van der Waals surface area (Å²) in [5.74, 6) is 5.37. The molecule has 2 aliphatic rings. The number of halogens is 4. The number of alkyl halides is 2. The highest BCUT2D eigenvalue weighted by Crippen LogP contribution is 2.38. The van der Waals surface area contributed by atoms with Gasteiger partial charge in [-0.05, 0) is 55.2 Å². The standard InChI is InChI=1S/C30H32Cl2F2N8O2/c1-17-3-2-4-25(22-11-19(7-9-37-22)29-23(39-30(17)44)14-38-42(29)16-27(33)34)40-10-8-18(12-28(40)43)21-13-20(31)5-6-24(21)41(36)15-26(32)35/h5-7,9,11-15,17,25,27H,2-4,8,10,16,35-36H2,1H3,(H,39,44)/b26-15-. The van der Waals surface area contributed by atoms with E-state index in [0.717, 1.165) is 5.57 Å². The molecule has 2 aromatic heterocycles. The smallest absolute Gasteiger partial charge is 0.257 e. The third-order valence-corrected chi connectivity index (χ3v) is 8.12. The lowest BCUT2D eigenvalue weighted by Crippen LogP contribution is -2.38. The van der Waals surface area contributed by atoms with E-state index in [2.05, 4.69) is 15.4 Å². The second-order valence-corrected chi connectivity index (χ2v) is 11.7. The van der Waals surface area contributed by atoms with Gasteiger partial charge in [0.25, 0.3) is 6.43 Å². The highest BCUT2D eigenvalue weighted by atomic mass is 35.5. The Morgan fingerprint density at radius 3 is 2.77 bits per heavy atom. The van der Waals surface area contributed by atoms with Crippen molar-refractivity contribution < 1.29 is 18.4 Å². The Labute approximate surface area is 263 Å². The maximum Gasteiger partial charge on any atom is 0.257 e. The van der Waals surface area contributed by atoms with E-state index in [4.69, 9.17) is 34.8 Å². The van der Waals surface area contributed by atoms with Crippen LogP contribution >= 0.6 is 23.2 Å². The van der Waals surface area contributed by atoms with E-state index < -0.39 is 19.0 Å². The molecule has 10 nitrogen and oxygen atoms in total. The molecule has 2 atom stereocenters. The third kappa shape index (κ3) is 6.87. The molecule has 2 unspecified atom stereocenters. The fourth-order valence-electron chi connectivity index (χ4n) is 5.67. The summed E-state index contributed by atoms with van der Waals surface area (Å²) in [6.45, 7) is 1.54. The van der Waals surface area contributed by atoms with Crippen LogP contribution in [0.2, 0.25) is 5.02 Å². The van der Waals surface area contributed by atoms with Crippen LogP contribution in [0, 0.1) is 5.92 Å². The summed E-state index contributed by atoms with van der Waals surface area (Å²) in [5, 5.41) is 8.73. The Kier molecular flexibility index (Phi) is 9.52. The Morgan fingerprint density at radius 2 is 2.05 bits per heavy atom. The molecule has 2 aliphatic heterocycles. The second-order valence-electron chi connectivity index (χ2n) is 10.8. The molecule has 5 rings (SSSR count). The largest absolute Gasteiger partial charge is 0.388 e. The van der Waals surface area contributed by atoms with Crippen LogP contribution in [-0.2, 0) is 16.1 Å². The number of carbonyl (C=O) groups excluding carboxylic acids is 2. The molecule has 232 valence electrons. The topological polar surface area (TPSA) is 135 Å². The van der Waals surface area contributed by atoms with Crippen molar-refractivity contribution in [3.63, 3.8) is 0 Å². The fourth-order valence-corrected chi connectivity index (χ4v) is 5.94. The first-order valence-corrected chi connectivity index (χ1v) is 14.9. The van der Waals surface area contributed by atoms with Crippen LogP contribution in [0.15, 0.2) is 60.2 Å². The molecule has 2 amide bonds. The van der Waals surface area contributed by atoms with Gasteiger partial charge in [0.2, 0.25) is 11.8 Å². The Hall–Kier alpha value is -4.00. The lowest BCUT2D eigenvalue weighted by molar-refractivity contribution is -0.129. The van der Waals surface area contributed by atoms with Gasteiger partial charge in [0.1, 0.15) is 11.7 Å². The number of hydrogen-bond donors (Lipinski definition) is 3. The molecule has 0 fully saturated rings. The number of amides is 2. The molecule has 3 aromatic rings. The highest BCUT2D eigenvalue weighted by molar-refractivity contribution is 6.31. The third-order valence-electron chi connectivity index (χ3n) is 7.79. The summed E-state index contributed by atoms with van der Waals surface area (Å²) >= 11 is 12.1. The van der Waals surface area contributed by atoms with E-state index in [1.54, 1.807) is 47.5 Å². The minimum atomic E-state index is -2.65. The lowest BCUT2D eigenvalue weighted by Gasteiger charge is -2.35. The van der Waals surface area contributed by atoms with E-state index >= 15 is 0 Å². The minimum absolute atomic E-state index is 0.0123. The Balaban J connectivity index is 1.52. The van der Waals surface area contributed by atoms with Gasteiger partial charge in [-0.25, -0.2) is 14.6 Å². The number of nitrogens with one attached hydrogen (secondary N) is 1. The number of nitrogens with two attached hydrogens (primary N) is 2. The zero-order valence-electron chi connectivity index (χ0n) is 23.9. The average molecular weight is 646 g/mol. The summed E-state index contributed by atoms with van der Waals surface area (Å²) in [7, 11) is 0. The van der Waals surface area contributed by atoms with Crippen LogP contribution in [0.5, 0.6) is 0 Å². The van der Waals surface area contributed by atoms with Crippen LogP contribution in [0.25, 0.3) is 16.8 Å². The molecule has 0 saturated heterocycles. The maximum atomic E-state index is 13.8. The minimum Gasteiger partial charge on any atom is -0.388 e. The Morgan fingerprint density at radius 1 is 1.25 bits per heavy atom. The monoisotopic (exact) mass is 644 g/mol. The summed E-state index contributed by atoms with van der Waals surface area (Å²) in [4.78, 5) is 33.1. The van der Waals surface area contributed by atoms with E-state index in [-0.39, 0.29) is 22.9 Å². The molecule has 2 bridgehead atoms. The summed E-state index contributed by atoms with van der Waals surface area (Å²) in [6, 6.07) is 8.17. The average Bonchev–Trinajstić information content (AvgIpc) is 3.35. The van der Waals surface area contributed by atoms with Crippen molar-refractivity contribution >= 4 is 52.0 Å². The SMILES string of the molecule is CC1CCCC(N2CCC(c3cc(Cl)ccc3N(N)/C=C(\N)Cl)=CC2=O)c2cc(ccn2)-c2c(cnn2CC(F)F)NC1=O. The molecule has 0 aliphatic carbocycles. The molecule has 44 heavy (non-hydrogen) atoms. The molecule has 4 heterocycles. The van der Waals surface area contributed by atoms with Crippen LogP contribution in [0.4, 0.5) is 20.2 Å². The van der Waals surface area contributed by atoms with Gasteiger partial charge in [-0.2, -0.15) is 5.10 Å². The number of benzene rings is 1. The van der Waals surface area contributed by atoms with E-state index in [0.29, 0.717) is 71.1 Å². The molecule has 14 heteroatoms. The van der Waals surface area contributed by atoms with Gasteiger partial charge in [-0.3, -0.25) is 24.3 Å². The number of hydrogen-bond acceptors (Lipinski definition) is 7. The summed E-state index contributed by atoms with van der Waals surface area (Å²) in [5.41, 5.74) is 9.44. The zero-order chi connectivity index (χ0) is 31.5. The quantitative estimate of drug-likeness (QED) is 0.179. The van der Waals surface area contributed by atoms with Gasteiger partial charge in [0, 0.05) is 40.9 Å². The van der Waals surface area contributed by atoms with Crippen molar-refractivity contribution in [1.29, 1.82) is 0 Å².